The molecule has 1 heterocycles. The Morgan fingerprint density at radius 3 is 2.19 bits per heavy atom. The molecule has 2 N–H and O–H groups in total. The number of nitrogens with one attached hydrogen (secondary N) is 1. The first-order valence-electron chi connectivity index (χ1n) is 6.66. The van der Waals surface area contributed by atoms with Gasteiger partial charge in [0, 0.05) is 5.54 Å². The number of hydrogen-bond donors (Lipinski definition) is 2. The largest absolute Gasteiger partial charge is 0.391 e. The van der Waals surface area contributed by atoms with E-state index in [4.69, 9.17) is 0 Å². The molecule has 0 radical (unpaired) electrons. The Morgan fingerprint density at radius 2 is 1.62 bits per heavy atom. The summed E-state index contributed by atoms with van der Waals surface area (Å²) in [5, 5.41) is 13.8. The summed E-state index contributed by atoms with van der Waals surface area (Å²) in [5.41, 5.74) is 0.00257. The normalized spacial score (nSPS) is 37.5. The minimum absolute atomic E-state index is 0. The second kappa shape index (κ2) is 6.23. The van der Waals surface area contributed by atoms with Gasteiger partial charge in [-0.2, -0.15) is 0 Å². The van der Waals surface area contributed by atoms with Crippen molar-refractivity contribution in [3.8, 4) is 0 Å². The van der Waals surface area contributed by atoms with E-state index < -0.39 is 0 Å². The standard InChI is InChI=1S/C13H25NO.ClH/c1-13(12(15)9-6-10-14-13)11-7-4-2-3-5-8-11;/h11-12,14-15H,2-10H2,1H3;1H. The van der Waals surface area contributed by atoms with Crippen LogP contribution in [-0.4, -0.2) is 23.3 Å². The first-order chi connectivity index (χ1) is 7.23. The molecule has 2 nitrogen and oxygen atoms in total. The van der Waals surface area contributed by atoms with Crippen molar-refractivity contribution in [3.63, 3.8) is 0 Å². The first-order valence-corrected chi connectivity index (χ1v) is 6.66. The molecule has 2 atom stereocenters. The van der Waals surface area contributed by atoms with Crippen molar-refractivity contribution in [2.24, 2.45) is 5.92 Å². The van der Waals surface area contributed by atoms with E-state index in [1.54, 1.807) is 0 Å². The lowest BCUT2D eigenvalue weighted by Gasteiger charge is -2.45. The van der Waals surface area contributed by atoms with Crippen LogP contribution in [0.5, 0.6) is 0 Å². The van der Waals surface area contributed by atoms with Crippen molar-refractivity contribution >= 4 is 12.4 Å². The molecule has 1 aliphatic carbocycles. The Kier molecular flexibility index (Phi) is 5.55. The monoisotopic (exact) mass is 247 g/mol. The van der Waals surface area contributed by atoms with E-state index in [0.717, 1.165) is 19.4 Å². The minimum atomic E-state index is -0.130. The van der Waals surface area contributed by atoms with E-state index in [-0.39, 0.29) is 24.0 Å². The van der Waals surface area contributed by atoms with E-state index in [1.807, 2.05) is 0 Å². The number of aliphatic hydroxyl groups is 1. The lowest BCUT2D eigenvalue weighted by Crippen LogP contribution is -2.60. The molecular weight excluding hydrogens is 222 g/mol. The van der Waals surface area contributed by atoms with E-state index in [2.05, 4.69) is 12.2 Å². The quantitative estimate of drug-likeness (QED) is 0.699. The molecule has 2 fully saturated rings. The molecule has 96 valence electrons. The number of aliphatic hydroxyl groups excluding tert-OH is 1. The fraction of sp³-hybridized carbons (Fsp3) is 1.00. The van der Waals surface area contributed by atoms with E-state index in [9.17, 15) is 5.11 Å². The zero-order chi connectivity index (χ0) is 10.7. The number of piperidine rings is 1. The summed E-state index contributed by atoms with van der Waals surface area (Å²) in [7, 11) is 0. The van der Waals surface area contributed by atoms with Crippen molar-refractivity contribution in [3.05, 3.63) is 0 Å². The minimum Gasteiger partial charge on any atom is -0.391 e. The molecule has 0 aromatic heterocycles. The molecule has 3 heteroatoms. The summed E-state index contributed by atoms with van der Waals surface area (Å²) in [4.78, 5) is 0. The molecular formula is C13H26ClNO. The smallest absolute Gasteiger partial charge is 0.0722 e. The van der Waals surface area contributed by atoms with Crippen LogP contribution in [0.15, 0.2) is 0 Å². The van der Waals surface area contributed by atoms with Gasteiger partial charge >= 0.3 is 0 Å². The Bertz CT molecular complexity index is 204. The van der Waals surface area contributed by atoms with Crippen LogP contribution in [0.25, 0.3) is 0 Å². The van der Waals surface area contributed by atoms with Crippen molar-refractivity contribution in [2.75, 3.05) is 6.54 Å². The molecule has 0 bridgehead atoms. The Balaban J connectivity index is 0.00000128. The van der Waals surface area contributed by atoms with Gasteiger partial charge in [0.05, 0.1) is 6.10 Å². The van der Waals surface area contributed by atoms with E-state index in [0.29, 0.717) is 5.92 Å². The fourth-order valence-electron chi connectivity index (χ4n) is 3.37. The van der Waals surface area contributed by atoms with Crippen molar-refractivity contribution < 1.29 is 5.11 Å². The van der Waals surface area contributed by atoms with Gasteiger partial charge in [-0.15, -0.1) is 12.4 Å². The molecule has 0 spiro atoms. The average molecular weight is 248 g/mol. The van der Waals surface area contributed by atoms with Gasteiger partial charge in [-0.3, -0.25) is 0 Å². The maximum Gasteiger partial charge on any atom is 0.0722 e. The Hall–Kier alpha value is 0.210. The molecule has 16 heavy (non-hydrogen) atoms. The summed E-state index contributed by atoms with van der Waals surface area (Å²) < 4.78 is 0. The zero-order valence-electron chi connectivity index (χ0n) is 10.4. The van der Waals surface area contributed by atoms with Gasteiger partial charge in [0.15, 0.2) is 0 Å². The molecule has 0 amide bonds. The van der Waals surface area contributed by atoms with Crippen LogP contribution in [0.4, 0.5) is 0 Å². The highest BCUT2D eigenvalue weighted by Gasteiger charge is 2.41. The summed E-state index contributed by atoms with van der Waals surface area (Å²) in [6, 6.07) is 0. The van der Waals surface area contributed by atoms with Gasteiger partial charge in [-0.05, 0) is 45.1 Å². The van der Waals surface area contributed by atoms with Crippen molar-refractivity contribution in [1.29, 1.82) is 0 Å². The third-order valence-electron chi connectivity index (χ3n) is 4.56. The van der Waals surface area contributed by atoms with Gasteiger partial charge in [0.25, 0.3) is 0 Å². The summed E-state index contributed by atoms with van der Waals surface area (Å²) in [6.07, 6.45) is 10.1. The van der Waals surface area contributed by atoms with Crippen LogP contribution in [-0.2, 0) is 0 Å². The van der Waals surface area contributed by atoms with Crippen LogP contribution >= 0.6 is 12.4 Å². The second-order valence-electron chi connectivity index (χ2n) is 5.56. The molecule has 0 aromatic rings. The Morgan fingerprint density at radius 1 is 1.00 bits per heavy atom. The van der Waals surface area contributed by atoms with Gasteiger partial charge in [-0.25, -0.2) is 0 Å². The molecule has 1 saturated heterocycles. The second-order valence-corrected chi connectivity index (χ2v) is 5.56. The SMILES string of the molecule is CC1(C2CCCCCC2)NCCCC1O.Cl. The van der Waals surface area contributed by atoms with Crippen LogP contribution in [0.1, 0.15) is 58.3 Å². The highest BCUT2D eigenvalue weighted by Crippen LogP contribution is 2.36. The summed E-state index contributed by atoms with van der Waals surface area (Å²) >= 11 is 0. The molecule has 0 aromatic carbocycles. The highest BCUT2D eigenvalue weighted by atomic mass is 35.5. The highest BCUT2D eigenvalue weighted by molar-refractivity contribution is 5.85. The van der Waals surface area contributed by atoms with Gasteiger partial charge in [0.1, 0.15) is 0 Å². The summed E-state index contributed by atoms with van der Waals surface area (Å²) in [6.45, 7) is 3.33. The van der Waals surface area contributed by atoms with Crippen molar-refractivity contribution in [2.45, 2.75) is 69.9 Å². The lowest BCUT2D eigenvalue weighted by atomic mass is 9.73. The zero-order valence-corrected chi connectivity index (χ0v) is 11.2. The number of hydrogen-bond acceptors (Lipinski definition) is 2. The molecule has 2 aliphatic rings. The molecule has 1 aliphatic heterocycles. The number of halogens is 1. The van der Waals surface area contributed by atoms with Gasteiger partial charge in [0.2, 0.25) is 0 Å². The number of rotatable bonds is 1. The third-order valence-corrected chi connectivity index (χ3v) is 4.56. The predicted octanol–water partition coefficient (Wildman–Crippen LogP) is 2.88. The maximum absolute atomic E-state index is 10.2. The van der Waals surface area contributed by atoms with Crippen LogP contribution in [0.3, 0.4) is 0 Å². The lowest BCUT2D eigenvalue weighted by molar-refractivity contribution is 0.0000497. The van der Waals surface area contributed by atoms with Gasteiger partial charge in [-0.1, -0.05) is 25.7 Å². The van der Waals surface area contributed by atoms with Crippen LogP contribution < -0.4 is 5.32 Å². The molecule has 2 unspecified atom stereocenters. The van der Waals surface area contributed by atoms with Crippen LogP contribution in [0.2, 0.25) is 0 Å². The topological polar surface area (TPSA) is 32.3 Å². The van der Waals surface area contributed by atoms with E-state index >= 15 is 0 Å². The van der Waals surface area contributed by atoms with Crippen LogP contribution in [0, 0.1) is 5.92 Å². The first kappa shape index (κ1) is 14.3. The Labute approximate surface area is 106 Å². The predicted molar refractivity (Wildman–Crippen MR) is 70.1 cm³/mol. The van der Waals surface area contributed by atoms with Crippen molar-refractivity contribution in [1.82, 2.24) is 5.32 Å². The molecule has 1 saturated carbocycles. The van der Waals surface area contributed by atoms with E-state index in [1.165, 1.54) is 38.5 Å². The average Bonchev–Trinajstić information content (AvgIpc) is 2.51. The molecule has 2 rings (SSSR count). The summed E-state index contributed by atoms with van der Waals surface area (Å²) in [5.74, 6) is 0.690. The third kappa shape index (κ3) is 2.91. The van der Waals surface area contributed by atoms with Gasteiger partial charge < -0.3 is 10.4 Å². The fourth-order valence-corrected chi connectivity index (χ4v) is 3.37. The maximum atomic E-state index is 10.2.